The standard InChI is InChI=1S/C24H33NOSi/c1-19-22(26-27(5,6)24(2,3)4)17-18-25(21-15-11-8-12-16-21)23(19)20-13-9-7-10-14-20/h7-17,19,23H,18H2,1-6H3/t19-,23-/m1/s1. The van der Waals surface area contributed by atoms with Crippen molar-refractivity contribution in [3.8, 4) is 0 Å². The summed E-state index contributed by atoms with van der Waals surface area (Å²) in [6, 6.07) is 21.9. The molecule has 2 aromatic carbocycles. The van der Waals surface area contributed by atoms with Crippen molar-refractivity contribution < 1.29 is 4.43 Å². The first-order valence-corrected chi connectivity index (χ1v) is 12.9. The first-order valence-electron chi connectivity index (χ1n) is 9.96. The smallest absolute Gasteiger partial charge is 0.250 e. The largest absolute Gasteiger partial charge is 0.546 e. The zero-order chi connectivity index (χ0) is 19.7. The van der Waals surface area contributed by atoms with E-state index in [9.17, 15) is 0 Å². The van der Waals surface area contributed by atoms with E-state index in [1.165, 1.54) is 17.0 Å². The van der Waals surface area contributed by atoms with Crippen LogP contribution in [0.15, 0.2) is 72.5 Å². The van der Waals surface area contributed by atoms with Crippen molar-refractivity contribution in [2.45, 2.75) is 51.9 Å². The highest BCUT2D eigenvalue weighted by Crippen LogP contribution is 2.44. The maximum absolute atomic E-state index is 6.76. The number of rotatable bonds is 4. The Bertz CT molecular complexity index is 777. The fourth-order valence-electron chi connectivity index (χ4n) is 3.50. The Morgan fingerprint density at radius 1 is 0.926 bits per heavy atom. The lowest BCUT2D eigenvalue weighted by molar-refractivity contribution is 0.290. The van der Waals surface area contributed by atoms with Gasteiger partial charge in [-0.1, -0.05) is 76.2 Å². The molecule has 0 amide bonds. The van der Waals surface area contributed by atoms with Crippen LogP contribution in [0.1, 0.15) is 39.3 Å². The van der Waals surface area contributed by atoms with Crippen molar-refractivity contribution >= 4 is 14.0 Å². The van der Waals surface area contributed by atoms with Gasteiger partial charge in [0.1, 0.15) is 0 Å². The fraction of sp³-hybridized carbons (Fsp3) is 0.417. The minimum absolute atomic E-state index is 0.201. The van der Waals surface area contributed by atoms with Crippen molar-refractivity contribution in [2.24, 2.45) is 5.92 Å². The normalized spacial score (nSPS) is 21.0. The van der Waals surface area contributed by atoms with E-state index in [0.717, 1.165) is 6.54 Å². The van der Waals surface area contributed by atoms with Gasteiger partial charge in [0.05, 0.1) is 11.8 Å². The average molecular weight is 380 g/mol. The van der Waals surface area contributed by atoms with E-state index in [-0.39, 0.29) is 11.1 Å². The summed E-state index contributed by atoms with van der Waals surface area (Å²) in [6.45, 7) is 14.8. The quantitative estimate of drug-likeness (QED) is 0.542. The lowest BCUT2D eigenvalue weighted by atomic mass is 9.88. The number of hydrogen-bond donors (Lipinski definition) is 0. The van der Waals surface area contributed by atoms with Crippen molar-refractivity contribution in [3.63, 3.8) is 0 Å². The number of anilines is 1. The van der Waals surface area contributed by atoms with Crippen molar-refractivity contribution in [3.05, 3.63) is 78.1 Å². The minimum Gasteiger partial charge on any atom is -0.546 e. The molecule has 0 fully saturated rings. The van der Waals surface area contributed by atoms with Gasteiger partial charge < -0.3 is 9.33 Å². The second-order valence-corrected chi connectivity index (χ2v) is 13.8. The Kier molecular flexibility index (Phi) is 5.52. The highest BCUT2D eigenvalue weighted by Gasteiger charge is 2.42. The van der Waals surface area contributed by atoms with Crippen molar-refractivity contribution in [2.75, 3.05) is 11.4 Å². The number of benzene rings is 2. The van der Waals surface area contributed by atoms with Crippen LogP contribution in [0.25, 0.3) is 0 Å². The zero-order valence-electron chi connectivity index (χ0n) is 17.6. The van der Waals surface area contributed by atoms with Gasteiger partial charge in [-0.3, -0.25) is 0 Å². The van der Waals surface area contributed by atoms with E-state index < -0.39 is 8.32 Å². The molecule has 1 heterocycles. The van der Waals surface area contributed by atoms with Gasteiger partial charge in [0.25, 0.3) is 0 Å². The Hall–Kier alpha value is -2.00. The van der Waals surface area contributed by atoms with Crippen LogP contribution in [0.4, 0.5) is 5.69 Å². The Morgan fingerprint density at radius 2 is 1.48 bits per heavy atom. The average Bonchev–Trinajstić information content (AvgIpc) is 2.63. The highest BCUT2D eigenvalue weighted by atomic mass is 28.4. The van der Waals surface area contributed by atoms with Crippen LogP contribution >= 0.6 is 0 Å². The highest BCUT2D eigenvalue weighted by molar-refractivity contribution is 6.74. The molecular formula is C24H33NOSi. The molecule has 2 nitrogen and oxygen atoms in total. The summed E-state index contributed by atoms with van der Waals surface area (Å²) in [5.74, 6) is 1.47. The van der Waals surface area contributed by atoms with Gasteiger partial charge in [0.15, 0.2) is 0 Å². The maximum Gasteiger partial charge on any atom is 0.250 e. The molecule has 27 heavy (non-hydrogen) atoms. The van der Waals surface area contributed by atoms with Crippen molar-refractivity contribution in [1.82, 2.24) is 0 Å². The predicted octanol–water partition coefficient (Wildman–Crippen LogP) is 6.79. The second-order valence-electron chi connectivity index (χ2n) is 9.10. The third-order valence-corrected chi connectivity index (χ3v) is 10.5. The Morgan fingerprint density at radius 3 is 2.04 bits per heavy atom. The summed E-state index contributed by atoms with van der Waals surface area (Å²) in [5, 5.41) is 0.201. The monoisotopic (exact) mass is 379 g/mol. The van der Waals surface area contributed by atoms with Crippen molar-refractivity contribution in [1.29, 1.82) is 0 Å². The van der Waals surface area contributed by atoms with Crippen LogP contribution in [-0.2, 0) is 4.43 Å². The molecule has 0 spiro atoms. The molecule has 3 heteroatoms. The van der Waals surface area contributed by atoms with Gasteiger partial charge in [0.2, 0.25) is 8.32 Å². The Labute approximate surface area is 166 Å². The van der Waals surface area contributed by atoms with Crippen LogP contribution in [0.2, 0.25) is 18.1 Å². The minimum atomic E-state index is -1.85. The van der Waals surface area contributed by atoms with Gasteiger partial charge >= 0.3 is 0 Å². The molecule has 2 atom stereocenters. The predicted molar refractivity (Wildman–Crippen MR) is 119 cm³/mol. The third-order valence-electron chi connectivity index (χ3n) is 6.16. The van der Waals surface area contributed by atoms with Crippen LogP contribution in [-0.4, -0.2) is 14.9 Å². The molecule has 0 saturated carbocycles. The molecule has 1 aliphatic heterocycles. The van der Waals surface area contributed by atoms with E-state index in [0.29, 0.717) is 5.92 Å². The molecule has 0 aliphatic carbocycles. The molecule has 144 valence electrons. The summed E-state index contributed by atoms with van der Waals surface area (Å²) in [5.41, 5.74) is 2.61. The lowest BCUT2D eigenvalue weighted by Gasteiger charge is -2.45. The molecule has 3 rings (SSSR count). The van der Waals surface area contributed by atoms with Gasteiger partial charge in [-0.2, -0.15) is 0 Å². The SMILES string of the molecule is C[C@@H]1C(O[Si](C)(C)C(C)(C)C)=CCN(c2ccccc2)[C@H]1c1ccccc1. The third kappa shape index (κ3) is 4.13. The van der Waals surface area contributed by atoms with Crippen LogP contribution < -0.4 is 4.90 Å². The molecular weight excluding hydrogens is 346 g/mol. The molecule has 0 saturated heterocycles. The molecule has 1 aliphatic rings. The van der Waals surface area contributed by atoms with Crippen LogP contribution in [0, 0.1) is 5.92 Å². The summed E-state index contributed by atoms with van der Waals surface area (Å²) in [4.78, 5) is 2.50. The first-order chi connectivity index (χ1) is 12.7. The number of para-hydroxylation sites is 1. The second kappa shape index (κ2) is 7.55. The molecule has 0 aromatic heterocycles. The fourth-order valence-corrected chi connectivity index (χ4v) is 4.66. The van der Waals surface area contributed by atoms with E-state index in [2.05, 4.69) is 112 Å². The molecule has 0 radical (unpaired) electrons. The number of hydrogen-bond acceptors (Lipinski definition) is 2. The van der Waals surface area contributed by atoms with E-state index in [4.69, 9.17) is 4.43 Å². The van der Waals surface area contributed by atoms with E-state index in [1.54, 1.807) is 0 Å². The first kappa shape index (κ1) is 19.8. The molecule has 0 N–H and O–H groups in total. The number of nitrogens with zero attached hydrogens (tertiary/aromatic N) is 1. The lowest BCUT2D eigenvalue weighted by Crippen LogP contribution is -2.44. The van der Waals surface area contributed by atoms with Crippen LogP contribution in [0.3, 0.4) is 0 Å². The zero-order valence-corrected chi connectivity index (χ0v) is 18.6. The van der Waals surface area contributed by atoms with Crippen LogP contribution in [0.5, 0.6) is 0 Å². The topological polar surface area (TPSA) is 12.5 Å². The summed E-state index contributed by atoms with van der Waals surface area (Å²) < 4.78 is 6.76. The van der Waals surface area contributed by atoms with E-state index >= 15 is 0 Å². The van der Waals surface area contributed by atoms with Gasteiger partial charge in [0, 0.05) is 18.2 Å². The van der Waals surface area contributed by atoms with Gasteiger partial charge in [-0.15, -0.1) is 0 Å². The summed E-state index contributed by atoms with van der Waals surface area (Å²) in [6.07, 6.45) is 2.30. The summed E-state index contributed by atoms with van der Waals surface area (Å²) >= 11 is 0. The molecule has 0 unspecified atom stereocenters. The van der Waals surface area contributed by atoms with E-state index in [1.807, 2.05) is 0 Å². The summed E-state index contributed by atoms with van der Waals surface area (Å²) in [7, 11) is -1.85. The van der Waals surface area contributed by atoms with Gasteiger partial charge in [-0.25, -0.2) is 0 Å². The molecule has 2 aromatic rings. The molecule has 0 bridgehead atoms. The maximum atomic E-state index is 6.76. The Balaban J connectivity index is 1.98. The van der Waals surface area contributed by atoms with Gasteiger partial charge in [-0.05, 0) is 41.9 Å².